The minimum atomic E-state index is -1.38. The number of ether oxygens (including phenoxy) is 2. The van der Waals surface area contributed by atoms with Gasteiger partial charge in [-0.05, 0) is 38.0 Å². The van der Waals surface area contributed by atoms with Crippen molar-refractivity contribution in [2.24, 2.45) is 10.8 Å². The number of ketones is 1. The van der Waals surface area contributed by atoms with Crippen molar-refractivity contribution in [3.63, 3.8) is 0 Å². The van der Waals surface area contributed by atoms with E-state index in [1.165, 1.54) is 13.0 Å². The molecule has 0 aliphatic carbocycles. The van der Waals surface area contributed by atoms with Gasteiger partial charge in [0.05, 0.1) is 6.61 Å². The highest BCUT2D eigenvalue weighted by atomic mass is 127. The number of alkyl halides is 1. The first kappa shape index (κ1) is 30.0. The highest BCUT2D eigenvalue weighted by molar-refractivity contribution is 14.1. The van der Waals surface area contributed by atoms with Gasteiger partial charge in [0.1, 0.15) is 11.4 Å². The molecule has 8 heteroatoms. The Morgan fingerprint density at radius 1 is 1.24 bits per heavy atom. The van der Waals surface area contributed by atoms with Crippen molar-refractivity contribution >= 4 is 40.3 Å². The van der Waals surface area contributed by atoms with Crippen LogP contribution >= 0.6 is 22.6 Å². The molecule has 190 valence electrons. The predicted octanol–water partition coefficient (Wildman–Crippen LogP) is 4.65. The van der Waals surface area contributed by atoms with Crippen molar-refractivity contribution < 1.29 is 34.1 Å². The molecule has 1 aliphatic heterocycles. The van der Waals surface area contributed by atoms with Crippen molar-refractivity contribution in [1.29, 1.82) is 0 Å². The molecule has 0 spiro atoms. The maximum Gasteiger partial charge on any atom is 0.334 e. The third kappa shape index (κ3) is 8.31. The number of aliphatic hydroxyl groups is 2. The minimum Gasteiger partial charge on any atom is -0.418 e. The van der Waals surface area contributed by atoms with Gasteiger partial charge < -0.3 is 19.7 Å². The molecular formula is C25H41IO7. The van der Waals surface area contributed by atoms with E-state index >= 15 is 0 Å². The zero-order valence-corrected chi connectivity index (χ0v) is 23.3. The quantitative estimate of drug-likeness (QED) is 0.175. The van der Waals surface area contributed by atoms with Crippen molar-refractivity contribution in [3.8, 4) is 0 Å². The highest BCUT2D eigenvalue weighted by Gasteiger charge is 2.46. The highest BCUT2D eigenvalue weighted by Crippen LogP contribution is 2.41. The number of rotatable bonds is 14. The SMILES string of the molecule is CCC[C@H](I)[C@@](O)(CO)CC(C)(C)C(=O)CCC(C)(C)CC[C@@]1(OC(C)=O)OC(=O)C=C1C. The number of carbonyl (C=O) groups is 3. The van der Waals surface area contributed by atoms with Crippen molar-refractivity contribution in [3.05, 3.63) is 11.6 Å². The summed E-state index contributed by atoms with van der Waals surface area (Å²) in [6.45, 7) is 12.3. The fourth-order valence-corrected chi connectivity index (χ4v) is 5.30. The molecule has 0 unspecified atom stereocenters. The summed E-state index contributed by atoms with van der Waals surface area (Å²) in [4.78, 5) is 36.5. The van der Waals surface area contributed by atoms with E-state index in [4.69, 9.17) is 9.47 Å². The molecule has 0 aromatic carbocycles. The smallest absolute Gasteiger partial charge is 0.334 e. The Hall–Kier alpha value is -1.00. The molecule has 2 N–H and O–H groups in total. The third-order valence-electron chi connectivity index (χ3n) is 6.57. The molecule has 0 aromatic rings. The summed E-state index contributed by atoms with van der Waals surface area (Å²) in [5.74, 6) is -2.41. The van der Waals surface area contributed by atoms with Crippen molar-refractivity contribution in [2.75, 3.05) is 6.61 Å². The van der Waals surface area contributed by atoms with Gasteiger partial charge in [0.15, 0.2) is 0 Å². The van der Waals surface area contributed by atoms with Gasteiger partial charge in [-0.25, -0.2) is 4.79 Å². The number of hydrogen-bond acceptors (Lipinski definition) is 7. The van der Waals surface area contributed by atoms with Gasteiger partial charge in [0.25, 0.3) is 5.79 Å². The Kier molecular flexibility index (Phi) is 10.6. The monoisotopic (exact) mass is 580 g/mol. The molecule has 7 nitrogen and oxygen atoms in total. The van der Waals surface area contributed by atoms with Crippen LogP contribution in [0.1, 0.15) is 93.4 Å². The van der Waals surface area contributed by atoms with Crippen LogP contribution < -0.4 is 0 Å². The van der Waals surface area contributed by atoms with Gasteiger partial charge in [-0.15, -0.1) is 0 Å². The van der Waals surface area contributed by atoms with Crippen LogP contribution in [0.15, 0.2) is 11.6 Å². The van der Waals surface area contributed by atoms with E-state index in [2.05, 4.69) is 22.6 Å². The molecule has 0 radical (unpaired) electrons. The molecule has 0 bridgehead atoms. The standard InChI is InChI=1S/C25H41IO7/c1-8-9-19(26)24(31,16-27)15-23(6,7)20(29)10-11-22(4,5)12-13-25(32-18(3)28)17(2)14-21(30)33-25/h14,19,27,31H,8-13,15-16H2,1-7H3/t19-,24-,25+/m0/s1. The van der Waals surface area contributed by atoms with Crippen LogP contribution in [0, 0.1) is 10.8 Å². The number of carbonyl (C=O) groups excluding carboxylic acids is 3. The van der Waals surface area contributed by atoms with Crippen molar-refractivity contribution in [2.45, 2.75) is 109 Å². The average molecular weight is 581 g/mol. The molecular weight excluding hydrogens is 539 g/mol. The number of halogens is 1. The topological polar surface area (TPSA) is 110 Å². The lowest BCUT2D eigenvalue weighted by molar-refractivity contribution is -0.208. The summed E-state index contributed by atoms with van der Waals surface area (Å²) in [7, 11) is 0. The molecule has 0 aromatic heterocycles. The first-order chi connectivity index (χ1) is 15.0. The van der Waals surface area contributed by atoms with E-state index < -0.39 is 28.7 Å². The third-order valence-corrected chi connectivity index (χ3v) is 8.35. The Bertz CT molecular complexity index is 758. The van der Waals surface area contributed by atoms with Gasteiger partial charge in [0, 0.05) is 40.8 Å². The lowest BCUT2D eigenvalue weighted by Gasteiger charge is -2.38. The second kappa shape index (κ2) is 11.6. The van der Waals surface area contributed by atoms with Gasteiger partial charge in [0.2, 0.25) is 0 Å². The number of cyclic esters (lactones) is 1. The Labute approximate surface area is 211 Å². The van der Waals surface area contributed by atoms with Crippen LogP contribution in [-0.2, 0) is 23.9 Å². The largest absolute Gasteiger partial charge is 0.418 e. The second-order valence-electron chi connectivity index (χ2n) is 10.8. The number of Topliss-reactive ketones (excluding diaryl/α,β-unsaturated/α-hetero) is 1. The maximum absolute atomic E-state index is 13.1. The molecule has 0 amide bonds. The van der Waals surface area contributed by atoms with E-state index in [1.54, 1.807) is 6.92 Å². The summed E-state index contributed by atoms with van der Waals surface area (Å²) in [6, 6.07) is 0. The summed E-state index contributed by atoms with van der Waals surface area (Å²) in [5, 5.41) is 20.8. The summed E-state index contributed by atoms with van der Waals surface area (Å²) in [5.41, 5.74) is -1.82. The Morgan fingerprint density at radius 3 is 2.30 bits per heavy atom. The van der Waals surface area contributed by atoms with Gasteiger partial charge in [-0.1, -0.05) is 63.6 Å². The van der Waals surface area contributed by atoms with Crippen molar-refractivity contribution in [1.82, 2.24) is 0 Å². The summed E-state index contributed by atoms with van der Waals surface area (Å²) < 4.78 is 10.6. The van der Waals surface area contributed by atoms with Gasteiger partial charge in [-0.2, -0.15) is 0 Å². The molecule has 1 aliphatic rings. The van der Waals surface area contributed by atoms with Crippen LogP contribution in [0.3, 0.4) is 0 Å². The van der Waals surface area contributed by atoms with Crippen LogP contribution in [0.4, 0.5) is 0 Å². The molecule has 33 heavy (non-hydrogen) atoms. The number of esters is 2. The minimum absolute atomic E-state index is 0.0284. The van der Waals surface area contributed by atoms with E-state index in [1.807, 2.05) is 34.6 Å². The molecule has 0 saturated heterocycles. The maximum atomic E-state index is 13.1. The summed E-state index contributed by atoms with van der Waals surface area (Å²) >= 11 is 2.16. The van der Waals surface area contributed by atoms with Crippen LogP contribution in [-0.4, -0.2) is 49.9 Å². The van der Waals surface area contributed by atoms with Crippen LogP contribution in [0.25, 0.3) is 0 Å². The molecule has 0 fully saturated rings. The van der Waals surface area contributed by atoms with E-state index in [0.29, 0.717) is 31.3 Å². The molecule has 1 rings (SSSR count). The average Bonchev–Trinajstić information content (AvgIpc) is 2.97. The number of hydrogen-bond donors (Lipinski definition) is 2. The zero-order valence-electron chi connectivity index (χ0n) is 21.1. The Morgan fingerprint density at radius 2 is 1.85 bits per heavy atom. The first-order valence-electron chi connectivity index (χ1n) is 11.6. The van der Waals surface area contributed by atoms with Gasteiger partial charge in [-0.3, -0.25) is 9.59 Å². The number of aliphatic hydroxyl groups excluding tert-OH is 1. The van der Waals surface area contributed by atoms with Crippen LogP contribution in [0.2, 0.25) is 0 Å². The molecule has 0 saturated carbocycles. The van der Waals surface area contributed by atoms with E-state index in [9.17, 15) is 24.6 Å². The first-order valence-corrected chi connectivity index (χ1v) is 12.9. The lowest BCUT2D eigenvalue weighted by atomic mass is 9.72. The van der Waals surface area contributed by atoms with E-state index in [0.717, 1.165) is 12.8 Å². The molecule has 3 atom stereocenters. The lowest BCUT2D eigenvalue weighted by Crippen LogP contribution is -2.47. The fourth-order valence-electron chi connectivity index (χ4n) is 4.26. The Balaban J connectivity index is 2.79. The van der Waals surface area contributed by atoms with Gasteiger partial charge >= 0.3 is 11.9 Å². The zero-order chi connectivity index (χ0) is 25.7. The second-order valence-corrected chi connectivity index (χ2v) is 12.3. The fraction of sp³-hybridized carbons (Fsp3) is 0.800. The normalized spacial score (nSPS) is 21.8. The molecule has 1 heterocycles. The van der Waals surface area contributed by atoms with E-state index in [-0.39, 0.29) is 28.2 Å². The van der Waals surface area contributed by atoms with Crippen LogP contribution in [0.5, 0.6) is 0 Å². The summed E-state index contributed by atoms with van der Waals surface area (Å²) in [6.07, 6.45) is 4.96. The predicted molar refractivity (Wildman–Crippen MR) is 135 cm³/mol.